The third-order valence-electron chi connectivity index (χ3n) is 1.89. The second-order valence-electron chi connectivity index (χ2n) is 3.16. The topological polar surface area (TPSA) is 109 Å². The quantitative estimate of drug-likeness (QED) is 0.653. The van der Waals surface area contributed by atoms with Crippen LogP contribution < -0.4 is 10.6 Å². The van der Waals surface area contributed by atoms with E-state index >= 15 is 0 Å². The molecule has 3 N–H and O–H groups in total. The molecule has 0 aromatic carbocycles. The molecule has 90 valence electrons. The number of carbonyl (C=O) groups is 2. The second-order valence-corrected chi connectivity index (χ2v) is 3.16. The summed E-state index contributed by atoms with van der Waals surface area (Å²) in [4.78, 5) is 30.9. The molecular weight excluding hydrogens is 224 g/mol. The molecule has 0 aliphatic carbocycles. The minimum atomic E-state index is -1.05. The lowest BCUT2D eigenvalue weighted by Crippen LogP contribution is -2.33. The molecule has 1 aromatic heterocycles. The molecule has 0 bridgehead atoms. The van der Waals surface area contributed by atoms with Crippen LogP contribution in [0.15, 0.2) is 25.0 Å². The number of carbonyl (C=O) groups excluding carboxylic acids is 1. The van der Waals surface area contributed by atoms with Crippen LogP contribution in [-0.2, 0) is 4.79 Å². The Morgan fingerprint density at radius 1 is 1.47 bits per heavy atom. The fraction of sp³-hybridized carbons (Fsp3) is 0.200. The Kier molecular flexibility index (Phi) is 4.15. The molecule has 0 saturated heterocycles. The van der Waals surface area contributed by atoms with Crippen molar-refractivity contribution in [2.45, 2.75) is 0 Å². The van der Waals surface area contributed by atoms with E-state index in [1.165, 1.54) is 23.4 Å². The highest BCUT2D eigenvalue weighted by Gasteiger charge is 2.18. The van der Waals surface area contributed by atoms with Gasteiger partial charge >= 0.3 is 5.97 Å². The Balaban J connectivity index is 3.12. The zero-order valence-electron chi connectivity index (χ0n) is 9.04. The number of primary amides is 1. The summed E-state index contributed by atoms with van der Waals surface area (Å²) in [6.45, 7) is 3.42. The number of carboxylic acid groups (broad SMARTS) is 1. The Hall–Kier alpha value is -2.44. The van der Waals surface area contributed by atoms with E-state index in [1.807, 2.05) is 0 Å². The van der Waals surface area contributed by atoms with Crippen molar-refractivity contribution < 1.29 is 14.7 Å². The van der Waals surface area contributed by atoms with Gasteiger partial charge in [-0.25, -0.2) is 9.97 Å². The number of hydrogen-bond donors (Lipinski definition) is 2. The van der Waals surface area contributed by atoms with Crippen molar-refractivity contribution in [1.82, 2.24) is 9.97 Å². The van der Waals surface area contributed by atoms with Crippen molar-refractivity contribution in [3.8, 4) is 0 Å². The molecule has 0 fully saturated rings. The molecule has 0 radical (unpaired) electrons. The number of nitrogens with two attached hydrogens (primary N) is 1. The summed E-state index contributed by atoms with van der Waals surface area (Å²) >= 11 is 0. The average Bonchev–Trinajstić information content (AvgIpc) is 2.28. The van der Waals surface area contributed by atoms with Gasteiger partial charge in [0.2, 0.25) is 0 Å². The first-order valence-electron chi connectivity index (χ1n) is 4.74. The molecule has 1 heterocycles. The number of amides is 1. The van der Waals surface area contributed by atoms with Crippen LogP contribution in [0.1, 0.15) is 10.5 Å². The number of aromatic nitrogens is 2. The molecule has 1 rings (SSSR count). The predicted octanol–water partition coefficient (Wildman–Crippen LogP) is -0.348. The number of rotatable bonds is 6. The molecule has 17 heavy (non-hydrogen) atoms. The molecule has 0 aliphatic rings. The predicted molar refractivity (Wildman–Crippen MR) is 60.6 cm³/mol. The Labute approximate surface area is 97.6 Å². The summed E-state index contributed by atoms with van der Waals surface area (Å²) < 4.78 is 0. The summed E-state index contributed by atoms with van der Waals surface area (Å²) in [5, 5.41) is 8.76. The fourth-order valence-corrected chi connectivity index (χ4v) is 1.28. The first-order valence-corrected chi connectivity index (χ1v) is 4.74. The molecule has 7 nitrogen and oxygen atoms in total. The standard InChI is InChI=1S/C10H12N4O3/c1-2-5-14(6-7(15)16)10-8(9(11)17)12-3-4-13-10/h2-4H,1,5-6H2,(H2,11,17)(H,15,16). The van der Waals surface area contributed by atoms with E-state index in [9.17, 15) is 9.59 Å². The molecule has 0 saturated carbocycles. The summed E-state index contributed by atoms with van der Waals surface area (Å²) in [5.74, 6) is -1.66. The van der Waals surface area contributed by atoms with Crippen molar-refractivity contribution in [2.24, 2.45) is 5.73 Å². The summed E-state index contributed by atoms with van der Waals surface area (Å²) in [5.41, 5.74) is 5.08. The largest absolute Gasteiger partial charge is 0.480 e. The summed E-state index contributed by atoms with van der Waals surface area (Å²) in [6.07, 6.45) is 4.18. The van der Waals surface area contributed by atoms with Crippen LogP contribution in [0, 0.1) is 0 Å². The first kappa shape index (κ1) is 12.6. The van der Waals surface area contributed by atoms with Gasteiger partial charge < -0.3 is 15.7 Å². The third kappa shape index (κ3) is 3.26. The second kappa shape index (κ2) is 5.59. The molecular formula is C10H12N4O3. The highest BCUT2D eigenvalue weighted by Crippen LogP contribution is 2.13. The number of carboxylic acids is 1. The van der Waals surface area contributed by atoms with Crippen molar-refractivity contribution in [3.63, 3.8) is 0 Å². The van der Waals surface area contributed by atoms with Crippen LogP contribution in [0.2, 0.25) is 0 Å². The van der Waals surface area contributed by atoms with E-state index < -0.39 is 11.9 Å². The van der Waals surface area contributed by atoms with E-state index in [2.05, 4.69) is 16.5 Å². The highest BCUT2D eigenvalue weighted by molar-refractivity contribution is 5.96. The van der Waals surface area contributed by atoms with Gasteiger partial charge in [0.05, 0.1) is 0 Å². The van der Waals surface area contributed by atoms with Crippen LogP contribution >= 0.6 is 0 Å². The minimum Gasteiger partial charge on any atom is -0.480 e. The van der Waals surface area contributed by atoms with Gasteiger partial charge in [-0.2, -0.15) is 0 Å². The average molecular weight is 236 g/mol. The van der Waals surface area contributed by atoms with E-state index in [0.717, 1.165) is 0 Å². The normalized spacial score (nSPS) is 9.65. The van der Waals surface area contributed by atoms with E-state index in [0.29, 0.717) is 0 Å². The monoisotopic (exact) mass is 236 g/mol. The van der Waals surface area contributed by atoms with Crippen LogP contribution in [0.4, 0.5) is 5.82 Å². The number of aliphatic carboxylic acids is 1. The van der Waals surface area contributed by atoms with Gasteiger partial charge in [-0.15, -0.1) is 6.58 Å². The molecule has 1 aromatic rings. The van der Waals surface area contributed by atoms with E-state index in [4.69, 9.17) is 10.8 Å². The summed E-state index contributed by atoms with van der Waals surface area (Å²) in [6, 6.07) is 0. The van der Waals surface area contributed by atoms with Gasteiger partial charge in [0.25, 0.3) is 5.91 Å². The van der Waals surface area contributed by atoms with Gasteiger partial charge in [-0.3, -0.25) is 9.59 Å². The molecule has 0 spiro atoms. The zero-order valence-corrected chi connectivity index (χ0v) is 9.04. The van der Waals surface area contributed by atoms with E-state index in [-0.39, 0.29) is 24.6 Å². The van der Waals surface area contributed by atoms with Crippen molar-refractivity contribution >= 4 is 17.7 Å². The number of nitrogens with zero attached hydrogens (tertiary/aromatic N) is 3. The van der Waals surface area contributed by atoms with Crippen LogP contribution in [-0.4, -0.2) is 40.0 Å². The maximum atomic E-state index is 11.1. The van der Waals surface area contributed by atoms with Crippen LogP contribution in [0.5, 0.6) is 0 Å². The van der Waals surface area contributed by atoms with Gasteiger partial charge in [0, 0.05) is 18.9 Å². The van der Waals surface area contributed by atoms with Crippen molar-refractivity contribution in [3.05, 3.63) is 30.7 Å². The first-order chi connectivity index (χ1) is 8.06. The number of hydrogen-bond acceptors (Lipinski definition) is 5. The maximum Gasteiger partial charge on any atom is 0.323 e. The van der Waals surface area contributed by atoms with Gasteiger partial charge in [-0.1, -0.05) is 6.08 Å². The molecule has 0 unspecified atom stereocenters. The van der Waals surface area contributed by atoms with Crippen molar-refractivity contribution in [2.75, 3.05) is 18.0 Å². The maximum absolute atomic E-state index is 11.1. The van der Waals surface area contributed by atoms with Crippen LogP contribution in [0.25, 0.3) is 0 Å². The van der Waals surface area contributed by atoms with Gasteiger partial charge in [-0.05, 0) is 0 Å². The minimum absolute atomic E-state index is 0.0596. The fourth-order valence-electron chi connectivity index (χ4n) is 1.28. The number of anilines is 1. The van der Waals surface area contributed by atoms with Gasteiger partial charge in [0.15, 0.2) is 11.5 Å². The molecule has 7 heteroatoms. The SMILES string of the molecule is C=CCN(CC(=O)O)c1nccnc1C(N)=O. The van der Waals surface area contributed by atoms with Crippen LogP contribution in [0.3, 0.4) is 0 Å². The summed E-state index contributed by atoms with van der Waals surface area (Å²) in [7, 11) is 0. The molecule has 1 amide bonds. The zero-order chi connectivity index (χ0) is 12.8. The molecule has 0 aliphatic heterocycles. The lowest BCUT2D eigenvalue weighted by atomic mass is 10.3. The third-order valence-corrected chi connectivity index (χ3v) is 1.89. The molecule has 0 atom stereocenters. The Morgan fingerprint density at radius 3 is 2.65 bits per heavy atom. The smallest absolute Gasteiger partial charge is 0.323 e. The van der Waals surface area contributed by atoms with E-state index in [1.54, 1.807) is 0 Å². The lowest BCUT2D eigenvalue weighted by Gasteiger charge is -2.20. The van der Waals surface area contributed by atoms with Gasteiger partial charge in [0.1, 0.15) is 6.54 Å². The lowest BCUT2D eigenvalue weighted by molar-refractivity contribution is -0.135. The Bertz CT molecular complexity index is 447. The Morgan fingerprint density at radius 2 is 2.12 bits per heavy atom. The van der Waals surface area contributed by atoms with Crippen molar-refractivity contribution in [1.29, 1.82) is 0 Å². The highest BCUT2D eigenvalue weighted by atomic mass is 16.4.